The summed E-state index contributed by atoms with van der Waals surface area (Å²) in [5, 5.41) is 4.31. The number of hydrogen-bond donors (Lipinski definition) is 0. The number of nitrogens with zero attached hydrogens (tertiary/aromatic N) is 3. The van der Waals surface area contributed by atoms with Crippen molar-refractivity contribution in [3.63, 3.8) is 0 Å². The Balaban J connectivity index is 1.65. The summed E-state index contributed by atoms with van der Waals surface area (Å²) in [6, 6.07) is 13.1. The highest BCUT2D eigenvalue weighted by Crippen LogP contribution is 2.25. The van der Waals surface area contributed by atoms with Crippen LogP contribution in [0.3, 0.4) is 0 Å². The molecule has 0 aliphatic rings. The Bertz CT molecular complexity index is 1320. The van der Waals surface area contributed by atoms with Gasteiger partial charge in [0.25, 0.3) is 5.56 Å². The van der Waals surface area contributed by atoms with Crippen LogP contribution in [0.4, 0.5) is 0 Å². The fourth-order valence-electron chi connectivity index (χ4n) is 2.88. The van der Waals surface area contributed by atoms with E-state index >= 15 is 0 Å². The lowest BCUT2D eigenvalue weighted by Crippen LogP contribution is -2.23. The van der Waals surface area contributed by atoms with Gasteiger partial charge < -0.3 is 14.2 Å². The predicted octanol–water partition coefficient (Wildman–Crippen LogP) is 2.89. The number of ether oxygens (including phenoxy) is 3. The largest absolute Gasteiger partial charge is 0.497 e. The zero-order valence-corrected chi connectivity index (χ0v) is 17.5. The van der Waals surface area contributed by atoms with Crippen molar-refractivity contribution in [3.8, 4) is 17.2 Å². The van der Waals surface area contributed by atoms with E-state index in [1.165, 1.54) is 15.9 Å². The van der Waals surface area contributed by atoms with E-state index in [4.69, 9.17) is 14.2 Å². The Hall–Kier alpha value is -3.65. The van der Waals surface area contributed by atoms with Gasteiger partial charge in [-0.05, 0) is 42.0 Å². The second-order valence-electron chi connectivity index (χ2n) is 6.29. The first-order chi connectivity index (χ1) is 14.6. The Morgan fingerprint density at radius 1 is 0.933 bits per heavy atom. The van der Waals surface area contributed by atoms with Crippen LogP contribution in [-0.4, -0.2) is 35.9 Å². The van der Waals surface area contributed by atoms with Crippen LogP contribution in [0.5, 0.6) is 17.2 Å². The number of benzene rings is 2. The first kappa shape index (κ1) is 19.7. The van der Waals surface area contributed by atoms with E-state index in [0.717, 1.165) is 16.9 Å². The lowest BCUT2D eigenvalue weighted by atomic mass is 10.2. The van der Waals surface area contributed by atoms with Gasteiger partial charge in [0.15, 0.2) is 5.82 Å². The molecule has 0 fully saturated rings. The van der Waals surface area contributed by atoms with E-state index in [2.05, 4.69) is 10.1 Å². The molecule has 4 rings (SSSR count). The highest BCUT2D eigenvalue weighted by molar-refractivity contribution is 7.15. The molecule has 0 saturated carbocycles. The van der Waals surface area contributed by atoms with Gasteiger partial charge >= 0.3 is 0 Å². The van der Waals surface area contributed by atoms with Crippen molar-refractivity contribution in [2.75, 3.05) is 21.3 Å². The van der Waals surface area contributed by atoms with Gasteiger partial charge in [-0.2, -0.15) is 9.50 Å². The number of rotatable bonds is 6. The molecule has 0 amide bonds. The van der Waals surface area contributed by atoms with Crippen LogP contribution in [0.25, 0.3) is 23.2 Å². The van der Waals surface area contributed by atoms with Crippen LogP contribution in [-0.2, 0) is 0 Å². The van der Waals surface area contributed by atoms with Crippen molar-refractivity contribution in [3.05, 3.63) is 74.3 Å². The van der Waals surface area contributed by atoms with E-state index in [1.807, 2.05) is 42.5 Å². The number of hydrogen-bond acceptors (Lipinski definition) is 7. The van der Waals surface area contributed by atoms with Crippen molar-refractivity contribution in [2.24, 2.45) is 0 Å². The molecule has 0 atom stereocenters. The second kappa shape index (κ2) is 8.38. The summed E-state index contributed by atoms with van der Waals surface area (Å²) in [6.45, 7) is 0. The van der Waals surface area contributed by atoms with Gasteiger partial charge in [0.05, 0.1) is 25.9 Å². The van der Waals surface area contributed by atoms with Crippen LogP contribution in [0.1, 0.15) is 17.0 Å². The SMILES string of the molecule is COc1ccc(/C=C/c2nc3s/c(=C/c4ccc(OC)cc4OC)c(=O)n3n2)cc1. The van der Waals surface area contributed by atoms with Crippen LogP contribution in [0.15, 0.2) is 47.3 Å². The second-order valence-corrected chi connectivity index (χ2v) is 7.30. The summed E-state index contributed by atoms with van der Waals surface area (Å²) in [5.74, 6) is 2.57. The molecule has 2 aromatic heterocycles. The van der Waals surface area contributed by atoms with Gasteiger partial charge in [-0.1, -0.05) is 29.5 Å². The maximum absolute atomic E-state index is 12.7. The lowest BCUT2D eigenvalue weighted by Gasteiger charge is -2.06. The van der Waals surface area contributed by atoms with Gasteiger partial charge in [-0.15, -0.1) is 5.10 Å². The van der Waals surface area contributed by atoms with Crippen LogP contribution in [0, 0.1) is 0 Å². The molecular weight excluding hydrogens is 402 g/mol. The minimum absolute atomic E-state index is 0.218. The molecule has 7 nitrogen and oxygen atoms in total. The van der Waals surface area contributed by atoms with Gasteiger partial charge in [-0.25, -0.2) is 0 Å². The summed E-state index contributed by atoms with van der Waals surface area (Å²) < 4.78 is 17.6. The predicted molar refractivity (Wildman–Crippen MR) is 117 cm³/mol. The minimum Gasteiger partial charge on any atom is -0.497 e. The van der Waals surface area contributed by atoms with Crippen molar-refractivity contribution < 1.29 is 14.2 Å². The molecule has 0 radical (unpaired) electrons. The molecule has 2 aromatic carbocycles. The van der Waals surface area contributed by atoms with Crippen molar-refractivity contribution in [1.29, 1.82) is 0 Å². The molecule has 0 spiro atoms. The number of fused-ring (bicyclic) bond motifs is 1. The molecule has 0 aliphatic carbocycles. The first-order valence-corrected chi connectivity index (χ1v) is 9.88. The number of methoxy groups -OCH3 is 3. The maximum atomic E-state index is 12.7. The summed E-state index contributed by atoms with van der Waals surface area (Å²) in [7, 11) is 4.80. The van der Waals surface area contributed by atoms with Crippen molar-refractivity contribution in [1.82, 2.24) is 14.6 Å². The standard InChI is InChI=1S/C22H19N3O4S/c1-27-16-8-4-14(5-9-16)6-11-20-23-22-25(24-20)21(26)19(30-22)12-15-7-10-17(28-2)13-18(15)29-3/h4-13H,1-3H3/b11-6+,19-12+. The van der Waals surface area contributed by atoms with Crippen molar-refractivity contribution >= 4 is 34.5 Å². The third kappa shape index (κ3) is 3.90. The Labute approximate surface area is 176 Å². The topological polar surface area (TPSA) is 75.0 Å². The van der Waals surface area contributed by atoms with Crippen LogP contribution >= 0.6 is 11.3 Å². The van der Waals surface area contributed by atoms with Gasteiger partial charge in [0.2, 0.25) is 4.96 Å². The molecule has 0 N–H and O–H groups in total. The summed E-state index contributed by atoms with van der Waals surface area (Å²) >= 11 is 1.28. The minimum atomic E-state index is -0.218. The third-order valence-corrected chi connectivity index (χ3v) is 5.43. The summed E-state index contributed by atoms with van der Waals surface area (Å²) in [4.78, 5) is 17.7. The zero-order chi connectivity index (χ0) is 21.1. The van der Waals surface area contributed by atoms with Gasteiger partial charge in [0.1, 0.15) is 17.2 Å². The van der Waals surface area contributed by atoms with Gasteiger partial charge in [0, 0.05) is 11.6 Å². The van der Waals surface area contributed by atoms with E-state index in [9.17, 15) is 4.79 Å². The molecule has 30 heavy (non-hydrogen) atoms. The van der Waals surface area contributed by atoms with Crippen LogP contribution in [0.2, 0.25) is 0 Å². The van der Waals surface area contributed by atoms with Gasteiger partial charge in [-0.3, -0.25) is 4.79 Å². The summed E-state index contributed by atoms with van der Waals surface area (Å²) in [6.07, 6.45) is 5.43. The fourth-order valence-corrected chi connectivity index (χ4v) is 3.79. The highest BCUT2D eigenvalue weighted by Gasteiger charge is 2.10. The smallest absolute Gasteiger partial charge is 0.291 e. The average Bonchev–Trinajstić information content (AvgIpc) is 3.31. The quantitative estimate of drug-likeness (QED) is 0.477. The lowest BCUT2D eigenvalue weighted by molar-refractivity contribution is 0.393. The first-order valence-electron chi connectivity index (χ1n) is 9.06. The number of aromatic nitrogens is 3. The van der Waals surface area contributed by atoms with E-state index in [1.54, 1.807) is 39.5 Å². The summed E-state index contributed by atoms with van der Waals surface area (Å²) in [5.41, 5.74) is 1.54. The molecule has 152 valence electrons. The zero-order valence-electron chi connectivity index (χ0n) is 16.7. The molecule has 8 heteroatoms. The Kier molecular flexibility index (Phi) is 5.49. The normalized spacial score (nSPS) is 12.0. The van der Waals surface area contributed by atoms with Crippen LogP contribution < -0.4 is 24.3 Å². The Morgan fingerprint density at radius 2 is 1.67 bits per heavy atom. The van der Waals surface area contributed by atoms with E-state index < -0.39 is 0 Å². The number of thiazole rings is 1. The average molecular weight is 421 g/mol. The molecule has 0 bridgehead atoms. The van der Waals surface area contributed by atoms with Crippen molar-refractivity contribution in [2.45, 2.75) is 0 Å². The maximum Gasteiger partial charge on any atom is 0.291 e. The molecule has 2 heterocycles. The third-order valence-electron chi connectivity index (χ3n) is 4.47. The molecule has 0 saturated heterocycles. The Morgan fingerprint density at radius 3 is 2.33 bits per heavy atom. The highest BCUT2D eigenvalue weighted by atomic mass is 32.1. The molecule has 0 unspecified atom stereocenters. The molecular formula is C22H19N3O4S. The van der Waals surface area contributed by atoms with E-state index in [-0.39, 0.29) is 5.56 Å². The molecule has 0 aliphatic heterocycles. The fraction of sp³-hybridized carbons (Fsp3) is 0.136. The monoisotopic (exact) mass is 421 g/mol. The molecule has 4 aromatic rings. The van der Waals surface area contributed by atoms with E-state index in [0.29, 0.717) is 26.8 Å².